The molecule has 0 bridgehead atoms. The minimum atomic E-state index is -0.0840. The summed E-state index contributed by atoms with van der Waals surface area (Å²) >= 11 is 9.34. The van der Waals surface area contributed by atoms with Gasteiger partial charge in [0.2, 0.25) is 0 Å². The Hall–Kier alpha value is -0.210. The fourth-order valence-electron chi connectivity index (χ4n) is 1.32. The molecule has 0 aromatic heterocycles. The summed E-state index contributed by atoms with van der Waals surface area (Å²) in [6.45, 7) is 2.06. The second kappa shape index (κ2) is 3.74. The van der Waals surface area contributed by atoms with E-state index < -0.39 is 0 Å². The maximum atomic E-state index is 5.87. The molecule has 0 spiro atoms. The average molecular weight is 276 g/mol. The average Bonchev–Trinajstić information content (AvgIpc) is 2.91. The smallest absolute Gasteiger partial charge is 0.134 e. The van der Waals surface area contributed by atoms with Crippen molar-refractivity contribution in [3.8, 4) is 5.75 Å². The first-order valence-corrected chi connectivity index (χ1v) is 5.99. The molecule has 1 nitrogen and oxygen atoms in total. The minimum absolute atomic E-state index is 0.0840. The summed E-state index contributed by atoms with van der Waals surface area (Å²) in [5.74, 6) is 1.47. The Kier molecular flexibility index (Phi) is 2.76. The number of hydrogen-bond donors (Lipinski definition) is 0. The van der Waals surface area contributed by atoms with Gasteiger partial charge in [-0.25, -0.2) is 0 Å². The van der Waals surface area contributed by atoms with Crippen molar-refractivity contribution in [2.24, 2.45) is 0 Å². The first-order valence-electron chi connectivity index (χ1n) is 4.66. The maximum absolute atomic E-state index is 5.87. The predicted molar refractivity (Wildman–Crippen MR) is 62.2 cm³/mol. The van der Waals surface area contributed by atoms with Crippen LogP contribution in [0.2, 0.25) is 0 Å². The molecular weight excluding hydrogens is 263 g/mol. The van der Waals surface area contributed by atoms with Crippen molar-refractivity contribution >= 4 is 27.5 Å². The minimum Gasteiger partial charge on any atom is -0.485 e. The quantitative estimate of drug-likeness (QED) is 0.760. The number of benzene rings is 1. The molecule has 0 unspecified atom stereocenters. The van der Waals surface area contributed by atoms with E-state index in [2.05, 4.69) is 28.9 Å². The highest BCUT2D eigenvalue weighted by molar-refractivity contribution is 9.10. The Morgan fingerprint density at radius 2 is 2.21 bits per heavy atom. The van der Waals surface area contributed by atoms with Crippen molar-refractivity contribution < 1.29 is 4.74 Å². The number of rotatable bonds is 3. The van der Waals surface area contributed by atoms with E-state index in [-0.39, 0.29) is 5.60 Å². The Balaban J connectivity index is 2.17. The van der Waals surface area contributed by atoms with Crippen molar-refractivity contribution in [3.05, 3.63) is 28.2 Å². The van der Waals surface area contributed by atoms with Gasteiger partial charge in [0.15, 0.2) is 0 Å². The summed E-state index contributed by atoms with van der Waals surface area (Å²) < 4.78 is 6.88. The molecule has 1 aliphatic rings. The zero-order valence-corrected chi connectivity index (χ0v) is 10.4. The molecule has 1 aromatic rings. The fraction of sp³-hybridized carbons (Fsp3) is 0.455. The second-order valence-corrected chi connectivity index (χ2v) is 4.97. The Morgan fingerprint density at radius 1 is 1.50 bits per heavy atom. The number of hydrogen-bond acceptors (Lipinski definition) is 1. The Bertz CT molecular complexity index is 347. The van der Waals surface area contributed by atoms with Crippen molar-refractivity contribution in [2.75, 3.05) is 5.88 Å². The van der Waals surface area contributed by atoms with E-state index in [4.69, 9.17) is 16.3 Å². The number of ether oxygens (including phenoxy) is 1. The lowest BCUT2D eigenvalue weighted by Crippen LogP contribution is -2.19. The highest BCUT2D eigenvalue weighted by Crippen LogP contribution is 2.43. The molecule has 0 atom stereocenters. The van der Waals surface area contributed by atoms with E-state index in [0.29, 0.717) is 5.88 Å². The van der Waals surface area contributed by atoms with E-state index in [9.17, 15) is 0 Å². The summed E-state index contributed by atoms with van der Waals surface area (Å²) in [6.07, 6.45) is 2.13. The third kappa shape index (κ3) is 2.06. The van der Waals surface area contributed by atoms with Crippen LogP contribution in [-0.4, -0.2) is 11.5 Å². The molecular formula is C11H12BrClO. The SMILES string of the molecule is Cc1ccc(OC2(CCl)CC2)c(Br)c1. The van der Waals surface area contributed by atoms with Gasteiger partial charge in [0.05, 0.1) is 10.4 Å². The zero-order chi connectivity index (χ0) is 10.2. The van der Waals surface area contributed by atoms with Gasteiger partial charge in [-0.05, 0) is 53.4 Å². The van der Waals surface area contributed by atoms with Gasteiger partial charge in [-0.15, -0.1) is 11.6 Å². The third-order valence-corrected chi connectivity index (χ3v) is 3.57. The molecule has 0 radical (unpaired) electrons. The largest absolute Gasteiger partial charge is 0.485 e. The van der Waals surface area contributed by atoms with Crippen molar-refractivity contribution in [1.82, 2.24) is 0 Å². The van der Waals surface area contributed by atoms with Crippen LogP contribution in [0.25, 0.3) is 0 Å². The topological polar surface area (TPSA) is 9.23 Å². The molecule has 0 aliphatic heterocycles. The van der Waals surface area contributed by atoms with Gasteiger partial charge in [0.25, 0.3) is 0 Å². The zero-order valence-electron chi connectivity index (χ0n) is 8.02. The highest BCUT2D eigenvalue weighted by Gasteiger charge is 2.45. The molecule has 3 heteroatoms. The normalized spacial score (nSPS) is 17.9. The molecule has 76 valence electrons. The van der Waals surface area contributed by atoms with Gasteiger partial charge in [0, 0.05) is 0 Å². The molecule has 1 aromatic carbocycles. The number of alkyl halides is 1. The molecule has 0 heterocycles. The third-order valence-electron chi connectivity index (χ3n) is 2.47. The molecule has 0 saturated heterocycles. The molecule has 0 amide bonds. The molecule has 1 aliphatic carbocycles. The van der Waals surface area contributed by atoms with Crippen LogP contribution in [-0.2, 0) is 0 Å². The lowest BCUT2D eigenvalue weighted by atomic mass is 10.2. The van der Waals surface area contributed by atoms with Crippen LogP contribution >= 0.6 is 27.5 Å². The van der Waals surface area contributed by atoms with Crippen molar-refractivity contribution in [1.29, 1.82) is 0 Å². The standard InChI is InChI=1S/C11H12BrClO/c1-8-2-3-10(9(12)6-8)14-11(7-13)4-5-11/h2-3,6H,4-5,7H2,1H3. The Morgan fingerprint density at radius 3 is 2.71 bits per heavy atom. The summed E-state index contributed by atoms with van der Waals surface area (Å²) in [4.78, 5) is 0. The summed E-state index contributed by atoms with van der Waals surface area (Å²) in [5.41, 5.74) is 1.14. The molecule has 1 saturated carbocycles. The van der Waals surface area contributed by atoms with Crippen LogP contribution in [0.4, 0.5) is 0 Å². The van der Waals surface area contributed by atoms with Crippen molar-refractivity contribution in [3.63, 3.8) is 0 Å². The van der Waals surface area contributed by atoms with E-state index in [1.165, 1.54) is 5.56 Å². The Labute approximate surface area is 97.5 Å². The molecule has 0 N–H and O–H groups in total. The van der Waals surface area contributed by atoms with Gasteiger partial charge >= 0.3 is 0 Å². The van der Waals surface area contributed by atoms with E-state index in [0.717, 1.165) is 23.1 Å². The molecule has 14 heavy (non-hydrogen) atoms. The second-order valence-electron chi connectivity index (χ2n) is 3.85. The maximum Gasteiger partial charge on any atom is 0.134 e. The first-order chi connectivity index (χ1) is 6.65. The van der Waals surface area contributed by atoms with Crippen LogP contribution in [0.5, 0.6) is 5.75 Å². The van der Waals surface area contributed by atoms with Crippen molar-refractivity contribution in [2.45, 2.75) is 25.4 Å². The summed E-state index contributed by atoms with van der Waals surface area (Å²) in [7, 11) is 0. The lowest BCUT2D eigenvalue weighted by Gasteiger charge is -2.16. The first kappa shape index (κ1) is 10.3. The number of halogens is 2. The molecule has 2 rings (SSSR count). The van der Waals surface area contributed by atoms with E-state index in [1.54, 1.807) is 0 Å². The molecule has 1 fully saturated rings. The van der Waals surface area contributed by atoms with E-state index in [1.807, 2.05) is 12.1 Å². The van der Waals surface area contributed by atoms with Crippen LogP contribution in [0.1, 0.15) is 18.4 Å². The fourth-order valence-corrected chi connectivity index (χ4v) is 2.22. The van der Waals surface area contributed by atoms with Gasteiger partial charge in [-0.1, -0.05) is 6.07 Å². The van der Waals surface area contributed by atoms with Gasteiger partial charge in [0.1, 0.15) is 11.4 Å². The van der Waals surface area contributed by atoms with Crippen LogP contribution in [0.15, 0.2) is 22.7 Å². The summed E-state index contributed by atoms with van der Waals surface area (Å²) in [5, 5.41) is 0. The van der Waals surface area contributed by atoms with Gasteiger partial charge in [-0.2, -0.15) is 0 Å². The lowest BCUT2D eigenvalue weighted by molar-refractivity contribution is 0.202. The van der Waals surface area contributed by atoms with E-state index >= 15 is 0 Å². The van der Waals surface area contributed by atoms with Crippen LogP contribution in [0, 0.1) is 6.92 Å². The number of aryl methyl sites for hydroxylation is 1. The summed E-state index contributed by atoms with van der Waals surface area (Å²) in [6, 6.07) is 6.09. The van der Waals surface area contributed by atoms with Gasteiger partial charge in [-0.3, -0.25) is 0 Å². The van der Waals surface area contributed by atoms with Gasteiger partial charge < -0.3 is 4.74 Å². The highest BCUT2D eigenvalue weighted by atomic mass is 79.9. The predicted octanol–water partition coefficient (Wildman–Crippen LogP) is 3.91. The van der Waals surface area contributed by atoms with Crippen LogP contribution in [0.3, 0.4) is 0 Å². The van der Waals surface area contributed by atoms with Crippen LogP contribution < -0.4 is 4.74 Å². The monoisotopic (exact) mass is 274 g/mol.